The first-order valence-electron chi connectivity index (χ1n) is 16.8. The summed E-state index contributed by atoms with van der Waals surface area (Å²) in [6, 6.07) is 24.6. The Morgan fingerprint density at radius 3 is 2.75 bits per heavy atom. The summed E-state index contributed by atoms with van der Waals surface area (Å²) in [4.78, 5) is 44.1. The molecule has 2 amide bonds. The van der Waals surface area contributed by atoms with Crippen LogP contribution in [-0.4, -0.2) is 57.8 Å². The van der Waals surface area contributed by atoms with Gasteiger partial charge in [-0.25, -0.2) is 0 Å². The zero-order valence-electron chi connectivity index (χ0n) is 27.7. The number of benzene rings is 4. The molecule has 4 aromatic carbocycles. The quantitative estimate of drug-likeness (QED) is 0.0496. The lowest BCUT2D eigenvalue weighted by atomic mass is 9.94. The van der Waals surface area contributed by atoms with Gasteiger partial charge in [0.1, 0.15) is 17.1 Å². The van der Waals surface area contributed by atoms with Crippen LogP contribution in [0.2, 0.25) is 0 Å². The Bertz CT molecular complexity index is 2320. The number of amides is 2. The number of carbonyl (C=O) groups excluding carboxylic acids is 3. The fourth-order valence-corrected chi connectivity index (χ4v) is 8.21. The Hall–Kier alpha value is -5.33. The van der Waals surface area contributed by atoms with E-state index in [1.807, 2.05) is 54.6 Å². The van der Waals surface area contributed by atoms with Crippen LogP contribution in [0.3, 0.4) is 0 Å². The van der Waals surface area contributed by atoms with Gasteiger partial charge in [0.15, 0.2) is 0 Å². The molecule has 0 fully saturated rings. The molecule has 2 atom stereocenters. The number of hydrogen-bond acceptors (Lipinski definition) is 8. The van der Waals surface area contributed by atoms with Crippen LogP contribution in [0, 0.1) is 0 Å². The maximum absolute atomic E-state index is 14.4. The fraction of sp³-hybridized carbons (Fsp3) is 0.237. The van der Waals surface area contributed by atoms with Crippen molar-refractivity contribution in [2.45, 2.75) is 31.2 Å². The van der Waals surface area contributed by atoms with Gasteiger partial charge >= 0.3 is 5.97 Å². The lowest BCUT2D eigenvalue weighted by molar-refractivity contribution is -0.143. The number of nitrogens with two attached hydrogens (primary N) is 1. The summed E-state index contributed by atoms with van der Waals surface area (Å²) in [7, 11) is 0. The highest BCUT2D eigenvalue weighted by atomic mass is 35.5. The van der Waals surface area contributed by atoms with Gasteiger partial charge in [-0.3, -0.25) is 19.1 Å². The summed E-state index contributed by atoms with van der Waals surface area (Å²) < 4.78 is 12.9. The average molecular weight is 723 g/mol. The molecule has 4 heterocycles. The van der Waals surface area contributed by atoms with Crippen LogP contribution < -0.4 is 26.1 Å². The number of nitrogen functional groups attached to an aromatic ring is 1. The predicted molar refractivity (Wildman–Crippen MR) is 204 cm³/mol. The number of esters is 1. The van der Waals surface area contributed by atoms with E-state index in [1.165, 1.54) is 4.68 Å². The number of fused-ring (bicyclic) bond motifs is 4. The first kappa shape index (κ1) is 32.9. The molecule has 0 bridgehead atoms. The monoisotopic (exact) mass is 722 g/mol. The highest BCUT2D eigenvalue weighted by molar-refractivity contribution is 7.99. The van der Waals surface area contributed by atoms with Crippen molar-refractivity contribution >= 4 is 90.8 Å². The first-order chi connectivity index (χ1) is 24.8. The number of halogens is 1. The van der Waals surface area contributed by atoms with Crippen molar-refractivity contribution in [3.63, 3.8) is 0 Å². The smallest absolute Gasteiger partial charge is 0.305 e. The Balaban J connectivity index is 1.06. The van der Waals surface area contributed by atoms with E-state index in [-0.39, 0.29) is 29.3 Å². The molecule has 260 valence electrons. The third-order valence-corrected chi connectivity index (χ3v) is 10.8. The van der Waals surface area contributed by atoms with Crippen molar-refractivity contribution in [2.24, 2.45) is 0 Å². The number of H-pyrrole nitrogens is 1. The number of para-hydroxylation sites is 1. The molecule has 6 aromatic rings. The number of nitrogens with zero attached hydrogens (tertiary/aromatic N) is 2. The highest BCUT2D eigenvalue weighted by Gasteiger charge is 2.37. The molecular formula is C38H35ClN6O5S. The van der Waals surface area contributed by atoms with E-state index in [0.29, 0.717) is 71.4 Å². The Morgan fingerprint density at radius 2 is 1.92 bits per heavy atom. The van der Waals surface area contributed by atoms with Gasteiger partial charge in [-0.1, -0.05) is 42.1 Å². The number of alkyl halides is 1. The maximum atomic E-state index is 14.4. The zero-order chi connectivity index (χ0) is 35.2. The van der Waals surface area contributed by atoms with Crippen LogP contribution >= 0.6 is 23.4 Å². The van der Waals surface area contributed by atoms with E-state index in [4.69, 9.17) is 26.9 Å². The average Bonchev–Trinajstić information content (AvgIpc) is 3.83. The van der Waals surface area contributed by atoms with Crippen molar-refractivity contribution in [3.8, 4) is 5.75 Å². The topological polar surface area (TPSA) is 144 Å². The number of ether oxygens (including phenoxy) is 2. The molecule has 13 heteroatoms. The molecule has 2 aliphatic heterocycles. The second-order valence-corrected chi connectivity index (χ2v) is 14.1. The third kappa shape index (κ3) is 5.98. The molecule has 8 rings (SSSR count). The normalized spacial score (nSPS) is 16.2. The molecule has 1 unspecified atom stereocenters. The lowest BCUT2D eigenvalue weighted by Gasteiger charge is -2.29. The van der Waals surface area contributed by atoms with Crippen molar-refractivity contribution in [1.29, 1.82) is 0 Å². The molecule has 0 saturated heterocycles. The molecule has 0 radical (unpaired) electrons. The second-order valence-electron chi connectivity index (χ2n) is 12.6. The SMILES string of the molecule is CCOC(=O)CCCSC1Nc2cccc3c4c(cc(c23)O1)N(C(=O)c1cc2cc(NC(=O)c3cc5ccccc5[nH]3)ccc2n1N)C[C@H]4CCl. The van der Waals surface area contributed by atoms with Crippen LogP contribution in [0.25, 0.3) is 32.6 Å². The van der Waals surface area contributed by atoms with E-state index < -0.39 is 0 Å². The minimum atomic E-state index is -0.380. The minimum Gasteiger partial charge on any atom is -0.466 e. The minimum absolute atomic E-state index is 0.105. The molecule has 5 N–H and O–H groups in total. The van der Waals surface area contributed by atoms with E-state index in [9.17, 15) is 14.4 Å². The van der Waals surface area contributed by atoms with E-state index in [1.54, 1.807) is 47.9 Å². The lowest BCUT2D eigenvalue weighted by Crippen LogP contribution is -2.33. The number of anilines is 3. The summed E-state index contributed by atoms with van der Waals surface area (Å²) in [5.41, 5.74) is 5.12. The number of rotatable bonds is 10. The van der Waals surface area contributed by atoms with Crippen LogP contribution in [0.1, 0.15) is 52.2 Å². The Morgan fingerprint density at radius 1 is 1.06 bits per heavy atom. The Kier molecular flexibility index (Phi) is 8.64. The second kappa shape index (κ2) is 13.4. The number of thioether (sulfide) groups is 1. The van der Waals surface area contributed by atoms with Crippen molar-refractivity contribution < 1.29 is 23.9 Å². The van der Waals surface area contributed by atoms with E-state index >= 15 is 0 Å². The molecule has 2 aromatic heterocycles. The number of nitrogens with one attached hydrogen (secondary N) is 3. The fourth-order valence-electron chi connectivity index (χ4n) is 7.05. The third-order valence-electron chi connectivity index (χ3n) is 9.38. The molecule has 0 saturated carbocycles. The van der Waals surface area contributed by atoms with Gasteiger partial charge in [0.25, 0.3) is 11.8 Å². The zero-order valence-corrected chi connectivity index (χ0v) is 29.3. The van der Waals surface area contributed by atoms with Gasteiger partial charge in [-0.2, -0.15) is 0 Å². The number of carbonyl (C=O) groups is 3. The van der Waals surface area contributed by atoms with Gasteiger partial charge in [0.05, 0.1) is 17.8 Å². The van der Waals surface area contributed by atoms with Crippen molar-refractivity contribution in [2.75, 3.05) is 46.2 Å². The van der Waals surface area contributed by atoms with Crippen molar-refractivity contribution in [1.82, 2.24) is 9.66 Å². The molecule has 0 aliphatic carbocycles. The number of aromatic amines is 1. The summed E-state index contributed by atoms with van der Waals surface area (Å²) in [6.07, 6.45) is 1.01. The first-order valence-corrected chi connectivity index (χ1v) is 18.4. The summed E-state index contributed by atoms with van der Waals surface area (Å²) in [6.45, 7) is 2.55. The maximum Gasteiger partial charge on any atom is 0.305 e. The standard InChI is InChI=1S/C38H35ClN6O5S/c1-2-49-33(46)11-6-14-51-38-43-27-10-5-8-25-34-23(19-39)20-44(30(34)18-32(50-38)35(25)27)37(48)31-17-22-15-24(12-13-29(22)45(31)40)41-36(47)28-16-21-7-3-4-9-26(21)42-28/h3-5,7-10,12-13,15-18,23,38,42-43H,2,6,11,14,19-20,40H2,1H3,(H,41,47)/t23-,38?/m1/s1. The molecule has 51 heavy (non-hydrogen) atoms. The Labute approximate surface area is 302 Å². The summed E-state index contributed by atoms with van der Waals surface area (Å²) in [5, 5.41) is 10.00. The largest absolute Gasteiger partial charge is 0.466 e. The van der Waals surface area contributed by atoms with E-state index in [2.05, 4.69) is 15.6 Å². The van der Waals surface area contributed by atoms with Crippen LogP contribution in [0.15, 0.2) is 78.9 Å². The van der Waals surface area contributed by atoms with E-state index in [0.717, 1.165) is 38.6 Å². The van der Waals surface area contributed by atoms with Crippen LogP contribution in [-0.2, 0) is 9.53 Å². The number of aromatic nitrogens is 2. The van der Waals surface area contributed by atoms with Crippen LogP contribution in [0.4, 0.5) is 17.1 Å². The summed E-state index contributed by atoms with van der Waals surface area (Å²) in [5.74, 6) is 7.39. The highest BCUT2D eigenvalue weighted by Crippen LogP contribution is 2.50. The van der Waals surface area contributed by atoms with Gasteiger partial charge in [0.2, 0.25) is 5.56 Å². The molecule has 0 spiro atoms. The summed E-state index contributed by atoms with van der Waals surface area (Å²) >= 11 is 8.11. The van der Waals surface area contributed by atoms with Gasteiger partial charge in [0, 0.05) is 63.9 Å². The molecule has 11 nitrogen and oxygen atoms in total. The van der Waals surface area contributed by atoms with Gasteiger partial charge in [-0.15, -0.1) is 11.6 Å². The van der Waals surface area contributed by atoms with Gasteiger partial charge < -0.3 is 35.8 Å². The van der Waals surface area contributed by atoms with Gasteiger partial charge in [-0.05, 0) is 72.5 Å². The van der Waals surface area contributed by atoms with Crippen LogP contribution in [0.5, 0.6) is 5.75 Å². The molecular weight excluding hydrogens is 688 g/mol. The predicted octanol–water partition coefficient (Wildman–Crippen LogP) is 7.39. The molecule has 2 aliphatic rings. The van der Waals surface area contributed by atoms with Crippen molar-refractivity contribution in [3.05, 3.63) is 95.8 Å². The number of hydrogen-bond donors (Lipinski definition) is 4.